The van der Waals surface area contributed by atoms with Crippen LogP contribution in [0.4, 0.5) is 0 Å². The Kier molecular flexibility index (Phi) is 7.97. The zero-order chi connectivity index (χ0) is 29.2. The van der Waals surface area contributed by atoms with Gasteiger partial charge in [0.2, 0.25) is 0 Å². The normalized spacial score (nSPS) is 17.4. The smallest absolute Gasteiger partial charge is 0.657 e. The number of nitrogens with zero attached hydrogens (tertiary/aromatic N) is 4. The Morgan fingerprint density at radius 1 is 1.07 bits per heavy atom. The molecule has 2 atom stereocenters. The summed E-state index contributed by atoms with van der Waals surface area (Å²) in [5.41, 5.74) is 13.3. The number of aromatic nitrogens is 4. The van der Waals surface area contributed by atoms with E-state index in [0.717, 1.165) is 79.1 Å². The van der Waals surface area contributed by atoms with Crippen LogP contribution < -0.4 is 9.97 Å². The van der Waals surface area contributed by atoms with Gasteiger partial charge in [-0.05, 0) is 55.9 Å². The molecule has 0 amide bonds. The standard InChI is InChI=1S/C34H35N4O3.Zn/c1-8-20-16(3)24-13-26-18(5)22(10-11-31(40)41-7)33(37-26)23-12-30(39)32-19(6)27(38-34(23)32)15-29-21(9-2)17(4)25(36-29)14-28(20)35-24;/h8,13-15,18,22H,1,9-12H2,2-7H3,(H-,35,36,37,38,39);/q-1;+2/p-1. The number of esters is 1. The second-order valence-corrected chi connectivity index (χ2v) is 11.3. The van der Waals surface area contributed by atoms with E-state index in [9.17, 15) is 9.59 Å². The van der Waals surface area contributed by atoms with Crippen LogP contribution in [0, 0.1) is 13.8 Å². The van der Waals surface area contributed by atoms with Crippen molar-refractivity contribution in [2.24, 2.45) is 0 Å². The summed E-state index contributed by atoms with van der Waals surface area (Å²) in [7, 11) is 1.41. The van der Waals surface area contributed by atoms with E-state index in [1.165, 1.54) is 7.11 Å². The summed E-state index contributed by atoms with van der Waals surface area (Å²) < 4.78 is 4.95. The summed E-state index contributed by atoms with van der Waals surface area (Å²) in [6, 6.07) is 6.09. The number of methoxy groups -OCH3 is 1. The number of aryl methyl sites for hydroxylation is 2. The molecule has 5 heterocycles. The number of hydrogen-bond acceptors (Lipinski definition) is 5. The molecule has 6 rings (SSSR count). The van der Waals surface area contributed by atoms with Crippen molar-refractivity contribution in [2.45, 2.75) is 72.1 Å². The zero-order valence-corrected chi connectivity index (χ0v) is 28.2. The van der Waals surface area contributed by atoms with Crippen LogP contribution in [0.15, 0.2) is 24.8 Å². The number of ether oxygens (including phenoxy) is 1. The Hall–Kier alpha value is -3.64. The second-order valence-electron chi connectivity index (χ2n) is 11.3. The van der Waals surface area contributed by atoms with Gasteiger partial charge in [0.1, 0.15) is 0 Å². The number of fused-ring (bicyclic) bond motifs is 8. The van der Waals surface area contributed by atoms with Gasteiger partial charge in [-0.1, -0.05) is 55.8 Å². The molecule has 3 aliphatic rings. The van der Waals surface area contributed by atoms with Crippen molar-refractivity contribution in [3.05, 3.63) is 75.4 Å². The Morgan fingerprint density at radius 3 is 2.48 bits per heavy atom. The quantitative estimate of drug-likeness (QED) is 0.232. The molecule has 210 valence electrons. The minimum Gasteiger partial charge on any atom is -0.657 e. The van der Waals surface area contributed by atoms with E-state index in [1.807, 2.05) is 31.2 Å². The molecule has 7 nitrogen and oxygen atoms in total. The third-order valence-corrected chi connectivity index (χ3v) is 9.08. The number of ketones is 1. The summed E-state index contributed by atoms with van der Waals surface area (Å²) in [5, 5.41) is 0. The fraction of sp³-hybridized carbons (Fsp3) is 0.353. The van der Waals surface area contributed by atoms with Gasteiger partial charge >= 0.3 is 25.4 Å². The predicted molar refractivity (Wildman–Crippen MR) is 162 cm³/mol. The van der Waals surface area contributed by atoms with Gasteiger partial charge in [-0.3, -0.25) is 14.6 Å². The maximum Gasteiger partial charge on any atom is 2.00 e. The van der Waals surface area contributed by atoms with Gasteiger partial charge in [0, 0.05) is 41.6 Å². The molecule has 8 bridgehead atoms. The van der Waals surface area contributed by atoms with Crippen LogP contribution in [0.2, 0.25) is 0 Å². The van der Waals surface area contributed by atoms with Gasteiger partial charge in [0.05, 0.1) is 18.5 Å². The first-order chi connectivity index (χ1) is 19.7. The summed E-state index contributed by atoms with van der Waals surface area (Å²) in [5.74, 6) is -0.233. The molecule has 0 spiro atoms. The number of allylic oxidation sites excluding steroid dienone is 2. The number of rotatable bonds is 5. The average molecular weight is 612 g/mol. The van der Waals surface area contributed by atoms with Gasteiger partial charge < -0.3 is 14.7 Å². The largest absolute Gasteiger partial charge is 2.00 e. The van der Waals surface area contributed by atoms with Gasteiger partial charge in [0.15, 0.2) is 5.78 Å². The SMILES string of the molecule is C=Cc1c(C)c2cc3nc(c4c5[n-]c(cc6nc(cc1[n-]2)C(C)=C6CC)c(C)c5C(=O)C4)C(CCC(=O)OC)C3C.[Zn+2]. The van der Waals surface area contributed by atoms with Crippen LogP contribution in [-0.2, 0) is 35.4 Å². The topological polar surface area (TPSA) is 97.4 Å². The first-order valence-corrected chi connectivity index (χ1v) is 14.3. The molecule has 0 fully saturated rings. The summed E-state index contributed by atoms with van der Waals surface area (Å²) in [6.07, 6.45) is 3.78. The maximum absolute atomic E-state index is 13.4. The van der Waals surface area contributed by atoms with E-state index < -0.39 is 0 Å². The van der Waals surface area contributed by atoms with Crippen molar-refractivity contribution in [3.8, 4) is 0 Å². The minimum absolute atomic E-state index is 0. The van der Waals surface area contributed by atoms with Crippen LogP contribution >= 0.6 is 0 Å². The van der Waals surface area contributed by atoms with Crippen LogP contribution in [0.1, 0.15) is 107 Å². The van der Waals surface area contributed by atoms with E-state index in [-0.39, 0.29) is 55.9 Å². The minimum atomic E-state index is -0.257. The third-order valence-electron chi connectivity index (χ3n) is 9.08. The molecule has 0 N–H and O–H groups in total. The molecule has 0 aromatic carbocycles. The Bertz CT molecular complexity index is 1860. The van der Waals surface area contributed by atoms with Gasteiger partial charge in [-0.2, -0.15) is 0 Å². The molecule has 8 heteroatoms. The number of carbonyl (C=O) groups is 2. The van der Waals surface area contributed by atoms with Gasteiger partial charge in [0.25, 0.3) is 0 Å². The zero-order valence-electron chi connectivity index (χ0n) is 25.2. The molecular formula is C34H34N4O3Zn. The molecule has 42 heavy (non-hydrogen) atoms. The molecule has 0 saturated heterocycles. The van der Waals surface area contributed by atoms with E-state index in [1.54, 1.807) is 0 Å². The molecule has 3 aromatic heterocycles. The monoisotopic (exact) mass is 610 g/mol. The van der Waals surface area contributed by atoms with Crippen molar-refractivity contribution in [2.75, 3.05) is 7.11 Å². The Labute approximate surface area is 258 Å². The second kappa shape index (κ2) is 11.2. The summed E-state index contributed by atoms with van der Waals surface area (Å²) in [6.45, 7) is 14.4. The summed E-state index contributed by atoms with van der Waals surface area (Å²) in [4.78, 5) is 45.8. The van der Waals surface area contributed by atoms with E-state index in [2.05, 4.69) is 34.3 Å². The fourth-order valence-electron chi connectivity index (χ4n) is 6.64. The number of carbonyl (C=O) groups excluding carboxylic acids is 2. The third kappa shape index (κ3) is 4.61. The van der Waals surface area contributed by atoms with Crippen LogP contribution in [0.3, 0.4) is 0 Å². The van der Waals surface area contributed by atoms with Crippen molar-refractivity contribution >= 4 is 51.0 Å². The molecule has 1 aliphatic carbocycles. The van der Waals surface area contributed by atoms with Crippen molar-refractivity contribution < 1.29 is 33.8 Å². The van der Waals surface area contributed by atoms with Crippen molar-refractivity contribution in [1.82, 2.24) is 19.9 Å². The Balaban J connectivity index is 0.00000353. The predicted octanol–water partition coefficient (Wildman–Crippen LogP) is 6.75. The molecule has 0 saturated carbocycles. The van der Waals surface area contributed by atoms with E-state index >= 15 is 0 Å². The average Bonchev–Trinajstić information content (AvgIpc) is 3.70. The van der Waals surface area contributed by atoms with Crippen LogP contribution in [0.5, 0.6) is 0 Å². The van der Waals surface area contributed by atoms with Crippen molar-refractivity contribution in [3.63, 3.8) is 0 Å². The van der Waals surface area contributed by atoms with Crippen LogP contribution in [0.25, 0.3) is 39.3 Å². The maximum atomic E-state index is 13.4. The Morgan fingerprint density at radius 2 is 1.79 bits per heavy atom. The summed E-state index contributed by atoms with van der Waals surface area (Å²) >= 11 is 0. The van der Waals surface area contributed by atoms with Gasteiger partial charge in [-0.15, -0.1) is 22.1 Å². The molecule has 2 unspecified atom stereocenters. The van der Waals surface area contributed by atoms with Crippen molar-refractivity contribution in [1.29, 1.82) is 0 Å². The van der Waals surface area contributed by atoms with Gasteiger partial charge in [-0.25, -0.2) is 4.98 Å². The molecule has 0 radical (unpaired) electrons. The number of hydrogen-bond donors (Lipinski definition) is 0. The molecular weight excluding hydrogens is 578 g/mol. The first kappa shape index (κ1) is 29.8. The molecule has 3 aromatic rings. The van der Waals surface area contributed by atoms with Crippen LogP contribution in [-0.4, -0.2) is 28.8 Å². The molecule has 2 aliphatic heterocycles. The first-order valence-electron chi connectivity index (χ1n) is 14.3. The number of Topliss-reactive ketones (excluding diaryl/α,β-unsaturated/α-hetero) is 1. The van der Waals surface area contributed by atoms with E-state index in [0.29, 0.717) is 17.5 Å². The fourth-order valence-corrected chi connectivity index (χ4v) is 6.64. The van der Waals surface area contributed by atoms with E-state index in [4.69, 9.17) is 24.7 Å².